The summed E-state index contributed by atoms with van der Waals surface area (Å²) in [6, 6.07) is 9.02. The van der Waals surface area contributed by atoms with Crippen LogP contribution in [-0.4, -0.2) is 61.6 Å². The van der Waals surface area contributed by atoms with Gasteiger partial charge in [0.05, 0.1) is 57.1 Å². The molecule has 9 nitrogen and oxygen atoms in total. The highest BCUT2D eigenvalue weighted by Gasteiger charge is 2.45. The molecular formula is C33H40F3N6O3+. The molecule has 1 aliphatic heterocycles. The van der Waals surface area contributed by atoms with Gasteiger partial charge < -0.3 is 15.0 Å². The molecule has 1 heterocycles. The number of nitriles is 1. The normalized spacial score (nSPS) is 18.2. The molecule has 0 spiro atoms. The molecule has 2 aromatic rings. The van der Waals surface area contributed by atoms with Gasteiger partial charge in [-0.2, -0.15) is 18.4 Å². The Labute approximate surface area is 261 Å². The van der Waals surface area contributed by atoms with Crippen LogP contribution in [0, 0.1) is 22.7 Å². The van der Waals surface area contributed by atoms with E-state index in [1.54, 1.807) is 18.2 Å². The van der Waals surface area contributed by atoms with Crippen LogP contribution in [0.25, 0.3) is 0 Å². The van der Waals surface area contributed by atoms with Gasteiger partial charge in [0, 0.05) is 23.7 Å². The molecule has 1 fully saturated rings. The molecular weight excluding hydrogens is 585 g/mol. The van der Waals surface area contributed by atoms with Crippen molar-refractivity contribution in [2.75, 3.05) is 39.2 Å². The molecule has 0 unspecified atom stereocenters. The summed E-state index contributed by atoms with van der Waals surface area (Å²) in [6.07, 6.45) is 1.95. The third-order valence-electron chi connectivity index (χ3n) is 8.80. The van der Waals surface area contributed by atoms with Gasteiger partial charge in [-0.05, 0) is 61.2 Å². The van der Waals surface area contributed by atoms with Crippen LogP contribution in [0.2, 0.25) is 0 Å². The largest absolute Gasteiger partial charge is 0.466 e. The van der Waals surface area contributed by atoms with Gasteiger partial charge >= 0.3 is 18.2 Å². The maximum atomic E-state index is 13.6. The van der Waals surface area contributed by atoms with E-state index >= 15 is 0 Å². The van der Waals surface area contributed by atoms with Crippen LogP contribution in [0.1, 0.15) is 67.3 Å². The summed E-state index contributed by atoms with van der Waals surface area (Å²) >= 11 is 0. The van der Waals surface area contributed by atoms with Crippen molar-refractivity contribution in [1.29, 1.82) is 10.7 Å². The fraction of sp³-hybridized carbons (Fsp3) is 0.455. The van der Waals surface area contributed by atoms with Crippen LogP contribution in [0.4, 0.5) is 23.7 Å². The number of quaternary nitrogens is 1. The lowest BCUT2D eigenvalue weighted by Gasteiger charge is -2.43. The molecule has 1 saturated carbocycles. The van der Waals surface area contributed by atoms with E-state index in [4.69, 9.17) is 15.9 Å². The number of primary amides is 1. The van der Waals surface area contributed by atoms with Gasteiger partial charge in [0.1, 0.15) is 6.04 Å². The highest BCUT2D eigenvalue weighted by Crippen LogP contribution is 2.42. The molecule has 0 saturated heterocycles. The van der Waals surface area contributed by atoms with Crippen molar-refractivity contribution in [2.24, 2.45) is 11.7 Å². The number of likely N-dealkylation sites (N-methyl/N-ethyl adjacent to an activating group) is 1. The molecule has 2 aliphatic rings. The Bertz CT molecular complexity index is 1540. The molecule has 0 radical (unpaired) electrons. The highest BCUT2D eigenvalue weighted by atomic mass is 19.4. The Kier molecular flexibility index (Phi) is 9.92. The Morgan fingerprint density at radius 1 is 1.13 bits per heavy atom. The minimum atomic E-state index is -4.66. The third-order valence-corrected chi connectivity index (χ3v) is 8.80. The molecule has 4 rings (SSSR count). The molecule has 1 aliphatic carbocycles. The summed E-state index contributed by atoms with van der Waals surface area (Å²) in [5, 5.41) is 18.7. The number of hydrogen-bond acceptors (Lipinski definition) is 5. The van der Waals surface area contributed by atoms with E-state index in [9.17, 15) is 28.0 Å². The fourth-order valence-electron chi connectivity index (χ4n) is 6.61. The lowest BCUT2D eigenvalue weighted by atomic mass is 9.87. The number of halogens is 3. The minimum Gasteiger partial charge on any atom is -0.466 e. The van der Waals surface area contributed by atoms with Gasteiger partial charge in [0.2, 0.25) is 5.96 Å². The maximum absolute atomic E-state index is 13.6. The monoisotopic (exact) mass is 625 g/mol. The molecule has 1 atom stereocenters. The number of rotatable bonds is 8. The fourth-order valence-corrected chi connectivity index (χ4v) is 6.61. The number of benzene rings is 2. The molecule has 2 amide bonds. The smallest absolute Gasteiger partial charge is 0.416 e. The van der Waals surface area contributed by atoms with Crippen LogP contribution in [-0.2, 0) is 22.1 Å². The quantitative estimate of drug-likeness (QED) is 0.271. The minimum absolute atomic E-state index is 0.0633. The first-order valence-corrected chi connectivity index (χ1v) is 15.0. The maximum Gasteiger partial charge on any atom is 0.416 e. The van der Waals surface area contributed by atoms with Gasteiger partial charge in [-0.25, -0.2) is 9.59 Å². The van der Waals surface area contributed by atoms with Crippen LogP contribution >= 0.6 is 0 Å². The number of urea groups is 1. The number of ether oxygens (including phenoxy) is 1. The summed E-state index contributed by atoms with van der Waals surface area (Å²) in [5.41, 5.74) is 6.38. The standard InChI is InChI=1S/C33H39F3N6O3/c1-21-28(30(43)45-4)29(41(32(39)44)31(38)40(21)26-12-8-11-25(18-26)33(34,35)36)27-14-13-23(19-37)17-24(27)15-16-42(2,3)20-22-9-6-5-7-10-22/h8,11-14,17-18,22,29,38H,5-7,9-10,15-16,20H2,1-4H3,(H-,39,44)/p+1/t29-/m1/s1. The topological polar surface area (TPSA) is 124 Å². The number of nitrogens with zero attached hydrogens (tertiary/aromatic N) is 4. The lowest BCUT2D eigenvalue weighted by Crippen LogP contribution is -2.55. The predicted molar refractivity (Wildman–Crippen MR) is 164 cm³/mol. The Balaban J connectivity index is 1.83. The molecule has 12 heteroatoms. The first-order chi connectivity index (χ1) is 21.2. The third kappa shape index (κ3) is 7.31. The van der Waals surface area contributed by atoms with Crippen molar-refractivity contribution in [3.8, 4) is 6.07 Å². The number of nitrogens with one attached hydrogen (secondary N) is 1. The zero-order valence-electron chi connectivity index (χ0n) is 26.1. The van der Waals surface area contributed by atoms with Crippen LogP contribution in [0.3, 0.4) is 0 Å². The second-order valence-electron chi connectivity index (χ2n) is 12.4. The van der Waals surface area contributed by atoms with Crippen molar-refractivity contribution in [3.05, 3.63) is 76.0 Å². The molecule has 0 aromatic heterocycles. The number of guanidine groups is 1. The second-order valence-corrected chi connectivity index (χ2v) is 12.4. The Morgan fingerprint density at radius 3 is 2.42 bits per heavy atom. The van der Waals surface area contributed by atoms with Crippen molar-refractivity contribution in [1.82, 2.24) is 4.90 Å². The van der Waals surface area contributed by atoms with Gasteiger partial charge in [0.15, 0.2) is 0 Å². The summed E-state index contributed by atoms with van der Waals surface area (Å²) < 4.78 is 46.7. The van der Waals surface area contributed by atoms with Gasteiger partial charge in [-0.3, -0.25) is 15.2 Å². The van der Waals surface area contributed by atoms with E-state index in [1.807, 2.05) is 0 Å². The van der Waals surface area contributed by atoms with E-state index in [-0.39, 0.29) is 17.0 Å². The molecule has 2 aromatic carbocycles. The number of carbonyl (C=O) groups is 2. The van der Waals surface area contributed by atoms with Crippen LogP contribution in [0.5, 0.6) is 0 Å². The number of anilines is 1. The SMILES string of the molecule is COC(=O)C1=C(C)N(c2cccc(C(F)(F)F)c2)C(=N)N(C(N)=O)[C@@H]1c1ccc(C#N)cc1CC[N+](C)(C)CC1CCCCC1. The molecule has 0 bridgehead atoms. The van der Waals surface area contributed by atoms with E-state index in [0.29, 0.717) is 35.6 Å². The van der Waals surface area contributed by atoms with E-state index in [2.05, 4.69) is 20.2 Å². The van der Waals surface area contributed by atoms with E-state index in [0.717, 1.165) is 40.1 Å². The zero-order valence-corrected chi connectivity index (χ0v) is 26.1. The second kappa shape index (κ2) is 13.3. The number of hydrogen-bond donors (Lipinski definition) is 2. The van der Waals surface area contributed by atoms with Crippen molar-refractivity contribution >= 4 is 23.6 Å². The number of alkyl halides is 3. The number of carbonyl (C=O) groups excluding carboxylic acids is 2. The number of methoxy groups -OCH3 is 1. The van der Waals surface area contributed by atoms with Crippen LogP contribution < -0.4 is 10.6 Å². The summed E-state index contributed by atoms with van der Waals surface area (Å²) in [4.78, 5) is 28.4. The summed E-state index contributed by atoms with van der Waals surface area (Å²) in [7, 11) is 5.48. The van der Waals surface area contributed by atoms with Gasteiger partial charge in [-0.1, -0.05) is 31.4 Å². The van der Waals surface area contributed by atoms with Crippen LogP contribution in [0.15, 0.2) is 53.7 Å². The van der Waals surface area contributed by atoms with Crippen molar-refractivity contribution < 1.29 is 32.0 Å². The van der Waals surface area contributed by atoms with E-state index < -0.39 is 35.7 Å². The van der Waals surface area contributed by atoms with E-state index in [1.165, 1.54) is 51.2 Å². The van der Waals surface area contributed by atoms with Gasteiger partial charge in [0.25, 0.3) is 0 Å². The van der Waals surface area contributed by atoms with Crippen molar-refractivity contribution in [3.63, 3.8) is 0 Å². The Morgan fingerprint density at radius 2 is 1.82 bits per heavy atom. The number of nitrogens with two attached hydrogens (primary N) is 1. The first kappa shape index (κ1) is 33.5. The highest BCUT2D eigenvalue weighted by molar-refractivity contribution is 6.10. The average Bonchev–Trinajstić information content (AvgIpc) is 2.99. The number of allylic oxidation sites excluding steroid dienone is 1. The summed E-state index contributed by atoms with van der Waals surface area (Å²) in [6.45, 7) is 3.18. The molecule has 45 heavy (non-hydrogen) atoms. The molecule has 240 valence electrons. The number of esters is 1. The Hall–Kier alpha value is -4.37. The lowest BCUT2D eigenvalue weighted by molar-refractivity contribution is -0.893. The van der Waals surface area contributed by atoms with Crippen molar-refractivity contribution in [2.45, 2.75) is 57.7 Å². The molecule has 3 N–H and O–H groups in total. The van der Waals surface area contributed by atoms with Gasteiger partial charge in [-0.15, -0.1) is 0 Å². The zero-order chi connectivity index (χ0) is 33.1. The number of amides is 2. The average molecular weight is 626 g/mol. The predicted octanol–water partition coefficient (Wildman–Crippen LogP) is 6.10. The summed E-state index contributed by atoms with van der Waals surface area (Å²) in [5.74, 6) is -0.737. The first-order valence-electron chi connectivity index (χ1n) is 15.0.